The molecule has 0 spiro atoms. The van der Waals surface area contributed by atoms with Crippen molar-refractivity contribution >= 4 is 40.7 Å². The summed E-state index contributed by atoms with van der Waals surface area (Å²) in [4.78, 5) is 8.68. The number of benzene rings is 2. The first-order valence-corrected chi connectivity index (χ1v) is 9.73. The van der Waals surface area contributed by atoms with Gasteiger partial charge in [-0.15, -0.1) is 13.2 Å². The molecule has 0 fully saturated rings. The van der Waals surface area contributed by atoms with Crippen molar-refractivity contribution < 1.29 is 23.0 Å². The molecule has 0 bridgehead atoms. The second-order valence-electron chi connectivity index (χ2n) is 6.51. The van der Waals surface area contributed by atoms with Gasteiger partial charge in [0.05, 0.1) is 23.0 Å². The molecule has 31 heavy (non-hydrogen) atoms. The zero-order valence-corrected chi connectivity index (χ0v) is 17.6. The van der Waals surface area contributed by atoms with Crippen molar-refractivity contribution in [2.75, 3.05) is 17.2 Å². The smallest absolute Gasteiger partial charge is 0.406 e. The minimum Gasteiger partial charge on any atom is -0.406 e. The van der Waals surface area contributed by atoms with E-state index in [1.165, 1.54) is 18.2 Å². The van der Waals surface area contributed by atoms with Gasteiger partial charge in [0.2, 0.25) is 5.95 Å². The second kappa shape index (κ2) is 9.59. The van der Waals surface area contributed by atoms with Crippen molar-refractivity contribution in [2.24, 2.45) is 0 Å². The maximum absolute atomic E-state index is 12.6. The Hall–Kier alpha value is -2.75. The fourth-order valence-corrected chi connectivity index (χ4v) is 2.91. The van der Waals surface area contributed by atoms with Crippen molar-refractivity contribution in [3.8, 4) is 17.0 Å². The summed E-state index contributed by atoms with van der Waals surface area (Å²) in [5.74, 6) is 0.0834. The van der Waals surface area contributed by atoms with E-state index in [4.69, 9.17) is 23.2 Å². The molecule has 1 aromatic heterocycles. The topological polar surface area (TPSA) is 79.3 Å². The lowest BCUT2D eigenvalue weighted by molar-refractivity contribution is -0.274. The fraction of sp³-hybridized carbons (Fsp3) is 0.200. The highest BCUT2D eigenvalue weighted by Crippen LogP contribution is 2.31. The van der Waals surface area contributed by atoms with E-state index in [9.17, 15) is 18.3 Å². The molecule has 2 aromatic carbocycles. The zero-order chi connectivity index (χ0) is 22.6. The van der Waals surface area contributed by atoms with Crippen LogP contribution in [0.2, 0.25) is 10.0 Å². The number of halogens is 5. The van der Waals surface area contributed by atoms with Gasteiger partial charge in [0.15, 0.2) is 0 Å². The highest BCUT2D eigenvalue weighted by atomic mass is 35.5. The molecule has 3 aromatic rings. The van der Waals surface area contributed by atoms with Crippen LogP contribution in [0.4, 0.5) is 30.6 Å². The minimum atomic E-state index is -4.82. The van der Waals surface area contributed by atoms with Crippen LogP contribution in [0.25, 0.3) is 11.3 Å². The molecular formula is C20H17Cl2F3N4O2. The third-order valence-electron chi connectivity index (χ3n) is 3.93. The van der Waals surface area contributed by atoms with Gasteiger partial charge in [-0.2, -0.15) is 4.98 Å². The first kappa shape index (κ1) is 22.9. The predicted molar refractivity (Wildman–Crippen MR) is 114 cm³/mol. The van der Waals surface area contributed by atoms with Gasteiger partial charge in [0.1, 0.15) is 11.6 Å². The van der Waals surface area contributed by atoms with Crippen molar-refractivity contribution in [3.05, 3.63) is 58.6 Å². The molecule has 0 aliphatic carbocycles. The van der Waals surface area contributed by atoms with Crippen LogP contribution < -0.4 is 15.4 Å². The first-order chi connectivity index (χ1) is 14.6. The van der Waals surface area contributed by atoms with Gasteiger partial charge in [-0.05, 0) is 37.3 Å². The summed E-state index contributed by atoms with van der Waals surface area (Å²) in [7, 11) is 0. The van der Waals surface area contributed by atoms with Crippen LogP contribution in [0.5, 0.6) is 5.75 Å². The normalized spacial score (nSPS) is 12.4. The number of hydrogen-bond donors (Lipinski definition) is 3. The van der Waals surface area contributed by atoms with E-state index in [2.05, 4.69) is 25.3 Å². The number of aliphatic hydroxyl groups is 1. The second-order valence-corrected chi connectivity index (χ2v) is 7.36. The number of anilines is 3. The van der Waals surface area contributed by atoms with Crippen LogP contribution in [-0.2, 0) is 0 Å². The van der Waals surface area contributed by atoms with Gasteiger partial charge < -0.3 is 20.5 Å². The lowest BCUT2D eigenvalue weighted by Crippen LogP contribution is -2.21. The molecule has 164 valence electrons. The van der Waals surface area contributed by atoms with Crippen LogP contribution >= 0.6 is 23.2 Å². The number of ether oxygens (including phenoxy) is 1. The van der Waals surface area contributed by atoms with Gasteiger partial charge in [-0.3, -0.25) is 0 Å². The van der Waals surface area contributed by atoms with E-state index < -0.39 is 6.36 Å². The van der Waals surface area contributed by atoms with Crippen molar-refractivity contribution in [1.82, 2.24) is 9.97 Å². The fourth-order valence-electron chi connectivity index (χ4n) is 2.57. The summed E-state index contributed by atoms with van der Waals surface area (Å²) >= 11 is 12.2. The molecule has 0 unspecified atom stereocenters. The SMILES string of the molecule is C[C@H](CO)Nc1nc(Nc2cc(Cl)ccc2Cl)cc(-c2cccc(OC(F)(F)F)c2)n1. The Morgan fingerprint density at radius 1 is 1.10 bits per heavy atom. The van der Waals surface area contributed by atoms with Crippen LogP contribution in [0.15, 0.2) is 48.5 Å². The molecule has 0 amide bonds. The molecule has 0 radical (unpaired) electrons. The Balaban J connectivity index is 2.01. The lowest BCUT2D eigenvalue weighted by Gasteiger charge is -2.15. The number of nitrogens with one attached hydrogen (secondary N) is 2. The van der Waals surface area contributed by atoms with E-state index in [0.717, 1.165) is 0 Å². The van der Waals surface area contributed by atoms with Gasteiger partial charge in [-0.25, -0.2) is 4.98 Å². The molecule has 6 nitrogen and oxygen atoms in total. The molecule has 0 aliphatic rings. The monoisotopic (exact) mass is 472 g/mol. The Kier molecular flexibility index (Phi) is 7.09. The molecular weight excluding hydrogens is 456 g/mol. The highest BCUT2D eigenvalue weighted by molar-refractivity contribution is 6.35. The van der Waals surface area contributed by atoms with Crippen molar-refractivity contribution in [1.29, 1.82) is 0 Å². The lowest BCUT2D eigenvalue weighted by atomic mass is 10.1. The molecule has 11 heteroatoms. The Morgan fingerprint density at radius 2 is 1.87 bits per heavy atom. The summed E-state index contributed by atoms with van der Waals surface area (Å²) in [6, 6.07) is 11.4. The van der Waals surface area contributed by atoms with Gasteiger partial charge in [-0.1, -0.05) is 35.3 Å². The molecule has 1 atom stereocenters. The number of aliphatic hydroxyl groups excluding tert-OH is 1. The Morgan fingerprint density at radius 3 is 2.58 bits per heavy atom. The van der Waals surface area contributed by atoms with Crippen molar-refractivity contribution in [3.63, 3.8) is 0 Å². The predicted octanol–water partition coefficient (Wildman–Crippen LogP) is 5.89. The summed E-state index contributed by atoms with van der Waals surface area (Å²) < 4.78 is 41.7. The Labute approximate surface area is 186 Å². The van der Waals surface area contributed by atoms with Gasteiger partial charge in [0.25, 0.3) is 0 Å². The van der Waals surface area contributed by atoms with E-state index in [1.807, 2.05) is 0 Å². The number of alkyl halides is 3. The maximum atomic E-state index is 12.6. The molecule has 3 rings (SSSR count). The third kappa shape index (κ3) is 6.61. The number of hydrogen-bond acceptors (Lipinski definition) is 6. The van der Waals surface area contributed by atoms with Crippen LogP contribution in [-0.4, -0.2) is 34.1 Å². The third-order valence-corrected chi connectivity index (χ3v) is 4.49. The largest absolute Gasteiger partial charge is 0.573 e. The summed E-state index contributed by atoms with van der Waals surface area (Å²) in [6.07, 6.45) is -4.82. The van der Waals surface area contributed by atoms with E-state index in [-0.39, 0.29) is 24.3 Å². The average molecular weight is 473 g/mol. The highest BCUT2D eigenvalue weighted by Gasteiger charge is 2.31. The average Bonchev–Trinajstić information content (AvgIpc) is 2.69. The molecule has 0 saturated carbocycles. The Bertz CT molecular complexity index is 1070. The van der Waals surface area contributed by atoms with Crippen LogP contribution in [0, 0.1) is 0 Å². The number of aromatic nitrogens is 2. The minimum absolute atomic E-state index is 0.154. The van der Waals surface area contributed by atoms with E-state index in [0.29, 0.717) is 32.8 Å². The quantitative estimate of drug-likeness (QED) is 0.398. The first-order valence-electron chi connectivity index (χ1n) is 8.97. The number of rotatable bonds is 7. The van der Waals surface area contributed by atoms with Gasteiger partial charge in [0, 0.05) is 22.7 Å². The maximum Gasteiger partial charge on any atom is 0.573 e. The van der Waals surface area contributed by atoms with E-state index >= 15 is 0 Å². The zero-order valence-electron chi connectivity index (χ0n) is 16.0. The molecule has 0 saturated heterocycles. The van der Waals surface area contributed by atoms with Gasteiger partial charge >= 0.3 is 6.36 Å². The van der Waals surface area contributed by atoms with Crippen molar-refractivity contribution in [2.45, 2.75) is 19.3 Å². The summed E-state index contributed by atoms with van der Waals surface area (Å²) in [5, 5.41) is 16.1. The van der Waals surface area contributed by atoms with E-state index in [1.54, 1.807) is 37.3 Å². The number of nitrogens with zero attached hydrogens (tertiary/aromatic N) is 2. The molecule has 3 N–H and O–H groups in total. The van der Waals surface area contributed by atoms with Crippen LogP contribution in [0.1, 0.15) is 6.92 Å². The standard InChI is InChI=1S/C20H17Cl2F3N4O2/c1-11(10-30)26-19-28-16(12-3-2-4-14(7-12)31-20(23,24)25)9-18(29-19)27-17-8-13(21)5-6-15(17)22/h2-9,11,30H,10H2,1H3,(H2,26,27,28,29)/t11-/m1/s1. The molecule has 0 aliphatic heterocycles. The summed E-state index contributed by atoms with van der Waals surface area (Å²) in [5.41, 5.74) is 1.16. The summed E-state index contributed by atoms with van der Waals surface area (Å²) in [6.45, 7) is 1.54. The van der Waals surface area contributed by atoms with Crippen LogP contribution in [0.3, 0.4) is 0 Å². The molecule has 1 heterocycles.